The molecule has 1 aliphatic carbocycles. The fourth-order valence-corrected chi connectivity index (χ4v) is 1.81. The van der Waals surface area contributed by atoms with Gasteiger partial charge in [-0.15, -0.1) is 0 Å². The molecule has 0 aliphatic heterocycles. The van der Waals surface area contributed by atoms with Crippen LogP contribution in [0.3, 0.4) is 0 Å². The Morgan fingerprint density at radius 1 is 1.53 bits per heavy atom. The molecule has 0 amide bonds. The number of nitrogens with zero attached hydrogens (tertiary/aromatic N) is 1. The Morgan fingerprint density at radius 2 is 2.24 bits per heavy atom. The van der Waals surface area contributed by atoms with Crippen LogP contribution in [-0.4, -0.2) is 22.7 Å². The van der Waals surface area contributed by atoms with Crippen LogP contribution in [0.25, 0.3) is 0 Å². The lowest BCUT2D eigenvalue weighted by molar-refractivity contribution is -0.385. The first-order valence-corrected chi connectivity index (χ1v) is 5.58. The molecule has 92 valence electrons. The lowest BCUT2D eigenvalue weighted by atomic mass is 10.0. The molecule has 2 rings (SSSR count). The summed E-state index contributed by atoms with van der Waals surface area (Å²) in [6.45, 7) is 0. The van der Waals surface area contributed by atoms with Crippen molar-refractivity contribution in [3.05, 3.63) is 33.9 Å². The Kier molecular flexibility index (Phi) is 3.02. The zero-order valence-corrected chi connectivity index (χ0v) is 9.68. The fourth-order valence-electron chi connectivity index (χ4n) is 1.81. The molecular formula is C12H15NO4. The van der Waals surface area contributed by atoms with Crippen LogP contribution in [0.15, 0.2) is 18.2 Å². The largest absolute Gasteiger partial charge is 0.497 e. The third-order valence-corrected chi connectivity index (χ3v) is 3.18. The van der Waals surface area contributed by atoms with Gasteiger partial charge in [-0.1, -0.05) is 0 Å². The van der Waals surface area contributed by atoms with Crippen molar-refractivity contribution in [3.8, 4) is 5.75 Å². The molecule has 0 unspecified atom stereocenters. The van der Waals surface area contributed by atoms with Crippen LogP contribution in [0.4, 0.5) is 5.69 Å². The summed E-state index contributed by atoms with van der Waals surface area (Å²) in [6, 6.07) is 4.83. The Hall–Kier alpha value is -1.62. The summed E-state index contributed by atoms with van der Waals surface area (Å²) < 4.78 is 4.96. The molecule has 0 saturated heterocycles. The molecular weight excluding hydrogens is 222 g/mol. The van der Waals surface area contributed by atoms with E-state index in [4.69, 9.17) is 4.74 Å². The van der Waals surface area contributed by atoms with Gasteiger partial charge in [-0.05, 0) is 37.8 Å². The average Bonchev–Trinajstić information content (AvgIpc) is 3.05. The number of hydrogen-bond donors (Lipinski definition) is 1. The molecule has 5 nitrogen and oxygen atoms in total. The summed E-state index contributed by atoms with van der Waals surface area (Å²) in [7, 11) is 1.48. The number of ether oxygens (including phenoxy) is 1. The molecule has 0 heterocycles. The van der Waals surface area contributed by atoms with Crippen molar-refractivity contribution < 1.29 is 14.8 Å². The predicted molar refractivity (Wildman–Crippen MR) is 62.2 cm³/mol. The summed E-state index contributed by atoms with van der Waals surface area (Å²) in [5, 5.41) is 20.6. The van der Waals surface area contributed by atoms with Gasteiger partial charge in [0.2, 0.25) is 0 Å². The topological polar surface area (TPSA) is 72.6 Å². The van der Waals surface area contributed by atoms with E-state index in [1.54, 1.807) is 12.1 Å². The minimum Gasteiger partial charge on any atom is -0.497 e. The van der Waals surface area contributed by atoms with Gasteiger partial charge in [-0.25, -0.2) is 0 Å². The third-order valence-electron chi connectivity index (χ3n) is 3.18. The quantitative estimate of drug-likeness (QED) is 0.628. The van der Waals surface area contributed by atoms with E-state index in [9.17, 15) is 15.2 Å². The summed E-state index contributed by atoms with van der Waals surface area (Å²) in [4.78, 5) is 10.5. The number of nitro benzene ring substituents is 1. The smallest absolute Gasteiger partial charge is 0.276 e. The second-order valence-electron chi connectivity index (χ2n) is 4.48. The first-order valence-electron chi connectivity index (χ1n) is 5.58. The number of rotatable bonds is 5. The lowest BCUT2D eigenvalue weighted by Crippen LogP contribution is -2.08. The zero-order chi connectivity index (χ0) is 12.5. The number of hydrogen-bond acceptors (Lipinski definition) is 4. The molecule has 5 heteroatoms. The highest BCUT2D eigenvalue weighted by molar-refractivity contribution is 5.46. The summed E-state index contributed by atoms with van der Waals surface area (Å²) in [6.07, 6.45) is 2.71. The van der Waals surface area contributed by atoms with Gasteiger partial charge in [0, 0.05) is 5.56 Å². The minimum absolute atomic E-state index is 0.0635. The van der Waals surface area contributed by atoms with Gasteiger partial charge in [-0.3, -0.25) is 10.1 Å². The maximum atomic E-state index is 10.9. The monoisotopic (exact) mass is 237 g/mol. The van der Waals surface area contributed by atoms with E-state index < -0.39 is 10.5 Å². The van der Waals surface area contributed by atoms with Gasteiger partial charge in [-0.2, -0.15) is 0 Å². The second-order valence-corrected chi connectivity index (χ2v) is 4.48. The van der Waals surface area contributed by atoms with E-state index in [-0.39, 0.29) is 5.69 Å². The van der Waals surface area contributed by atoms with Gasteiger partial charge in [0.1, 0.15) is 5.75 Å². The Labute approximate surface area is 99.2 Å². The minimum atomic E-state index is -0.576. The molecule has 0 spiro atoms. The number of methoxy groups -OCH3 is 1. The van der Waals surface area contributed by atoms with Crippen molar-refractivity contribution in [2.24, 2.45) is 0 Å². The molecule has 1 aromatic carbocycles. The van der Waals surface area contributed by atoms with E-state index in [1.165, 1.54) is 13.2 Å². The predicted octanol–water partition coefficient (Wildman–Crippen LogP) is 2.06. The molecule has 1 saturated carbocycles. The number of aryl methyl sites for hydroxylation is 1. The van der Waals surface area contributed by atoms with Crippen LogP contribution in [0.2, 0.25) is 0 Å². The van der Waals surface area contributed by atoms with E-state index >= 15 is 0 Å². The van der Waals surface area contributed by atoms with Crippen molar-refractivity contribution in [2.75, 3.05) is 7.11 Å². The SMILES string of the molecule is COc1ccc(CCC2(O)CC2)c([N+](=O)[O-])c1. The third kappa shape index (κ3) is 2.74. The van der Waals surface area contributed by atoms with Crippen molar-refractivity contribution in [3.63, 3.8) is 0 Å². The van der Waals surface area contributed by atoms with Crippen LogP contribution >= 0.6 is 0 Å². The lowest BCUT2D eigenvalue weighted by Gasteiger charge is -2.08. The normalized spacial score (nSPS) is 16.6. The fraction of sp³-hybridized carbons (Fsp3) is 0.500. The highest BCUT2D eigenvalue weighted by atomic mass is 16.6. The molecule has 0 aromatic heterocycles. The highest BCUT2D eigenvalue weighted by Crippen LogP contribution is 2.40. The van der Waals surface area contributed by atoms with Gasteiger partial charge in [0.05, 0.1) is 23.7 Å². The van der Waals surface area contributed by atoms with Crippen LogP contribution in [0.1, 0.15) is 24.8 Å². The molecule has 1 aromatic rings. The van der Waals surface area contributed by atoms with E-state index in [1.807, 2.05) is 0 Å². The van der Waals surface area contributed by atoms with Gasteiger partial charge < -0.3 is 9.84 Å². The summed E-state index contributed by atoms with van der Waals surface area (Å²) in [5.41, 5.74) is 0.137. The molecule has 1 fully saturated rings. The first kappa shape index (κ1) is 11.9. The van der Waals surface area contributed by atoms with E-state index in [0.29, 0.717) is 24.2 Å². The average molecular weight is 237 g/mol. The van der Waals surface area contributed by atoms with Crippen molar-refractivity contribution in [1.82, 2.24) is 0 Å². The second kappa shape index (κ2) is 4.33. The standard InChI is InChI=1S/C12H15NO4/c1-17-10-3-2-9(11(8-10)13(15)16)4-5-12(14)6-7-12/h2-3,8,14H,4-7H2,1H3. The Morgan fingerprint density at radius 3 is 2.76 bits per heavy atom. The number of nitro groups is 1. The molecule has 0 bridgehead atoms. The number of aliphatic hydroxyl groups is 1. The van der Waals surface area contributed by atoms with Gasteiger partial charge in [0.25, 0.3) is 5.69 Å². The van der Waals surface area contributed by atoms with Crippen molar-refractivity contribution in [1.29, 1.82) is 0 Å². The van der Waals surface area contributed by atoms with Crippen LogP contribution in [0, 0.1) is 10.1 Å². The van der Waals surface area contributed by atoms with E-state index in [0.717, 1.165) is 12.8 Å². The summed E-state index contributed by atoms with van der Waals surface area (Å²) in [5.74, 6) is 0.477. The maximum Gasteiger partial charge on any atom is 0.276 e. The molecule has 1 aliphatic rings. The molecule has 17 heavy (non-hydrogen) atoms. The molecule has 0 atom stereocenters. The zero-order valence-electron chi connectivity index (χ0n) is 9.68. The van der Waals surface area contributed by atoms with Crippen LogP contribution < -0.4 is 4.74 Å². The first-order chi connectivity index (χ1) is 8.04. The maximum absolute atomic E-state index is 10.9. The Bertz CT molecular complexity index is 440. The van der Waals surface area contributed by atoms with E-state index in [2.05, 4.69) is 0 Å². The number of benzene rings is 1. The highest BCUT2D eigenvalue weighted by Gasteiger charge is 2.39. The van der Waals surface area contributed by atoms with Crippen molar-refractivity contribution >= 4 is 5.69 Å². The Balaban J connectivity index is 2.16. The molecule has 1 N–H and O–H groups in total. The van der Waals surface area contributed by atoms with Crippen LogP contribution in [0.5, 0.6) is 5.75 Å². The molecule has 0 radical (unpaired) electrons. The van der Waals surface area contributed by atoms with Crippen molar-refractivity contribution in [2.45, 2.75) is 31.3 Å². The van der Waals surface area contributed by atoms with Crippen LogP contribution in [-0.2, 0) is 6.42 Å². The van der Waals surface area contributed by atoms with Gasteiger partial charge >= 0.3 is 0 Å². The van der Waals surface area contributed by atoms with Gasteiger partial charge in [0.15, 0.2) is 0 Å². The summed E-state index contributed by atoms with van der Waals surface area (Å²) >= 11 is 0.